The van der Waals surface area contributed by atoms with Crippen LogP contribution in [0.2, 0.25) is 0 Å². The van der Waals surface area contributed by atoms with E-state index in [-0.39, 0.29) is 17.2 Å². The standard InChI is InChI=1S/C16H24N2O3/c1-4-16(5-2)10-13(6-7-21-16)18-14-9-12(15(19)20)8-11(3)17-14/h8-9,13H,4-7,10H2,1-3H3,(H,17,18)(H,19,20). The van der Waals surface area contributed by atoms with E-state index in [2.05, 4.69) is 24.1 Å². The first-order valence-corrected chi connectivity index (χ1v) is 7.60. The summed E-state index contributed by atoms with van der Waals surface area (Å²) >= 11 is 0. The van der Waals surface area contributed by atoms with Crippen LogP contribution in [0.15, 0.2) is 12.1 Å². The lowest BCUT2D eigenvalue weighted by Gasteiger charge is -2.40. The number of aromatic nitrogens is 1. The van der Waals surface area contributed by atoms with Crippen LogP contribution in [-0.2, 0) is 4.74 Å². The minimum absolute atomic E-state index is 0.0601. The van der Waals surface area contributed by atoms with E-state index in [4.69, 9.17) is 9.84 Å². The lowest BCUT2D eigenvalue weighted by atomic mass is 9.86. The lowest BCUT2D eigenvalue weighted by molar-refractivity contribution is -0.0864. The van der Waals surface area contributed by atoms with Gasteiger partial charge in [0.15, 0.2) is 0 Å². The van der Waals surface area contributed by atoms with Gasteiger partial charge in [0.25, 0.3) is 0 Å². The molecule has 0 saturated carbocycles. The first-order valence-electron chi connectivity index (χ1n) is 7.60. The van der Waals surface area contributed by atoms with Gasteiger partial charge in [-0.15, -0.1) is 0 Å². The highest BCUT2D eigenvalue weighted by molar-refractivity contribution is 5.88. The van der Waals surface area contributed by atoms with E-state index in [0.29, 0.717) is 11.5 Å². The molecule has 0 amide bonds. The second-order valence-corrected chi connectivity index (χ2v) is 5.76. The Hall–Kier alpha value is -1.62. The van der Waals surface area contributed by atoms with E-state index in [1.54, 1.807) is 12.1 Å². The van der Waals surface area contributed by atoms with Gasteiger partial charge in [0.1, 0.15) is 5.82 Å². The summed E-state index contributed by atoms with van der Waals surface area (Å²) in [5.74, 6) is -0.285. The fourth-order valence-electron chi connectivity index (χ4n) is 2.97. The summed E-state index contributed by atoms with van der Waals surface area (Å²) in [5.41, 5.74) is 0.922. The zero-order valence-corrected chi connectivity index (χ0v) is 13.0. The van der Waals surface area contributed by atoms with Crippen molar-refractivity contribution < 1.29 is 14.6 Å². The van der Waals surface area contributed by atoms with Crippen molar-refractivity contribution in [3.05, 3.63) is 23.4 Å². The van der Waals surface area contributed by atoms with Gasteiger partial charge in [-0.3, -0.25) is 0 Å². The highest BCUT2D eigenvalue weighted by Crippen LogP contribution is 2.32. The third kappa shape index (κ3) is 3.73. The fraction of sp³-hybridized carbons (Fsp3) is 0.625. The van der Waals surface area contributed by atoms with E-state index in [1.165, 1.54) is 0 Å². The minimum Gasteiger partial charge on any atom is -0.478 e. The number of hydrogen-bond acceptors (Lipinski definition) is 4. The van der Waals surface area contributed by atoms with Crippen LogP contribution in [-0.4, -0.2) is 34.3 Å². The fourth-order valence-corrected chi connectivity index (χ4v) is 2.97. The molecule has 0 bridgehead atoms. The van der Waals surface area contributed by atoms with E-state index in [1.807, 2.05) is 6.92 Å². The first kappa shape index (κ1) is 15.8. The van der Waals surface area contributed by atoms with Crippen molar-refractivity contribution in [2.75, 3.05) is 11.9 Å². The SMILES string of the molecule is CCC1(CC)CC(Nc2cc(C(=O)O)cc(C)n2)CCO1. The van der Waals surface area contributed by atoms with Crippen molar-refractivity contribution in [1.82, 2.24) is 4.98 Å². The monoisotopic (exact) mass is 292 g/mol. The lowest BCUT2D eigenvalue weighted by Crippen LogP contribution is -2.43. The molecule has 2 heterocycles. The molecule has 0 spiro atoms. The van der Waals surface area contributed by atoms with Gasteiger partial charge in [0, 0.05) is 18.3 Å². The van der Waals surface area contributed by atoms with Gasteiger partial charge in [-0.25, -0.2) is 9.78 Å². The molecule has 5 heteroatoms. The molecule has 116 valence electrons. The molecule has 1 aromatic heterocycles. The number of carboxylic acid groups (broad SMARTS) is 1. The van der Waals surface area contributed by atoms with E-state index >= 15 is 0 Å². The average Bonchev–Trinajstić information content (AvgIpc) is 2.46. The molecule has 2 rings (SSSR count). The van der Waals surface area contributed by atoms with Crippen LogP contribution < -0.4 is 5.32 Å². The molecular weight excluding hydrogens is 268 g/mol. The van der Waals surface area contributed by atoms with Crippen LogP contribution in [0, 0.1) is 6.92 Å². The summed E-state index contributed by atoms with van der Waals surface area (Å²) < 4.78 is 5.96. The number of rotatable bonds is 5. The molecule has 0 aliphatic carbocycles. The molecule has 1 atom stereocenters. The maximum absolute atomic E-state index is 11.1. The molecule has 1 fully saturated rings. The van der Waals surface area contributed by atoms with Gasteiger partial charge in [-0.1, -0.05) is 13.8 Å². The van der Waals surface area contributed by atoms with Gasteiger partial charge in [0.05, 0.1) is 11.2 Å². The smallest absolute Gasteiger partial charge is 0.335 e. The normalized spacial score (nSPS) is 21.0. The number of aryl methyl sites for hydroxylation is 1. The van der Waals surface area contributed by atoms with Crippen LogP contribution in [0.5, 0.6) is 0 Å². The van der Waals surface area contributed by atoms with Crippen LogP contribution in [0.1, 0.15) is 55.6 Å². The average molecular weight is 292 g/mol. The summed E-state index contributed by atoms with van der Waals surface area (Å²) in [5, 5.41) is 12.5. The quantitative estimate of drug-likeness (QED) is 0.871. The maximum Gasteiger partial charge on any atom is 0.335 e. The summed E-state index contributed by atoms with van der Waals surface area (Å²) in [7, 11) is 0. The summed E-state index contributed by atoms with van der Waals surface area (Å²) in [6.45, 7) is 6.85. The van der Waals surface area contributed by atoms with Crippen LogP contribution in [0.25, 0.3) is 0 Å². The van der Waals surface area contributed by atoms with Gasteiger partial charge < -0.3 is 15.2 Å². The predicted octanol–water partition coefficient (Wildman–Crippen LogP) is 3.24. The van der Waals surface area contributed by atoms with E-state index in [9.17, 15) is 4.79 Å². The maximum atomic E-state index is 11.1. The van der Waals surface area contributed by atoms with Crippen molar-refractivity contribution in [3.63, 3.8) is 0 Å². The Bertz CT molecular complexity index is 512. The Kier molecular flexibility index (Phi) is 4.83. The van der Waals surface area contributed by atoms with Crippen molar-refractivity contribution >= 4 is 11.8 Å². The molecule has 1 aliphatic rings. The number of ether oxygens (including phenoxy) is 1. The summed E-state index contributed by atoms with van der Waals surface area (Å²) in [6, 6.07) is 3.46. The topological polar surface area (TPSA) is 71.5 Å². The van der Waals surface area contributed by atoms with Gasteiger partial charge >= 0.3 is 5.97 Å². The molecule has 1 unspecified atom stereocenters. The van der Waals surface area contributed by atoms with Crippen LogP contribution in [0.4, 0.5) is 5.82 Å². The largest absolute Gasteiger partial charge is 0.478 e. The predicted molar refractivity (Wildman–Crippen MR) is 81.8 cm³/mol. The number of nitrogens with zero attached hydrogens (tertiary/aromatic N) is 1. The zero-order valence-electron chi connectivity index (χ0n) is 13.0. The highest BCUT2D eigenvalue weighted by Gasteiger charge is 2.34. The van der Waals surface area contributed by atoms with Gasteiger partial charge in [-0.2, -0.15) is 0 Å². The molecule has 0 radical (unpaired) electrons. The molecule has 1 aliphatic heterocycles. The van der Waals surface area contributed by atoms with Crippen molar-refractivity contribution in [2.45, 2.75) is 58.1 Å². The number of anilines is 1. The minimum atomic E-state index is -0.924. The van der Waals surface area contributed by atoms with E-state index < -0.39 is 5.97 Å². The zero-order chi connectivity index (χ0) is 15.5. The number of pyridine rings is 1. The van der Waals surface area contributed by atoms with Gasteiger partial charge in [-0.05, 0) is 44.7 Å². The Balaban J connectivity index is 2.12. The van der Waals surface area contributed by atoms with Crippen LogP contribution >= 0.6 is 0 Å². The van der Waals surface area contributed by atoms with Crippen molar-refractivity contribution in [3.8, 4) is 0 Å². The van der Waals surface area contributed by atoms with Crippen molar-refractivity contribution in [1.29, 1.82) is 0 Å². The second-order valence-electron chi connectivity index (χ2n) is 5.76. The van der Waals surface area contributed by atoms with Gasteiger partial charge in [0.2, 0.25) is 0 Å². The Morgan fingerprint density at radius 1 is 1.48 bits per heavy atom. The third-order valence-corrected chi connectivity index (χ3v) is 4.33. The van der Waals surface area contributed by atoms with Crippen molar-refractivity contribution in [2.24, 2.45) is 0 Å². The molecule has 0 aromatic carbocycles. The Morgan fingerprint density at radius 2 is 2.19 bits per heavy atom. The highest BCUT2D eigenvalue weighted by atomic mass is 16.5. The second kappa shape index (κ2) is 6.43. The number of hydrogen-bond donors (Lipinski definition) is 2. The molecule has 2 N–H and O–H groups in total. The Morgan fingerprint density at radius 3 is 2.81 bits per heavy atom. The number of carbonyl (C=O) groups is 1. The van der Waals surface area contributed by atoms with Crippen LogP contribution in [0.3, 0.4) is 0 Å². The molecule has 21 heavy (non-hydrogen) atoms. The van der Waals surface area contributed by atoms with E-state index in [0.717, 1.165) is 32.3 Å². The number of nitrogens with one attached hydrogen (secondary N) is 1. The molecule has 1 saturated heterocycles. The number of aromatic carboxylic acids is 1. The number of carboxylic acids is 1. The first-order chi connectivity index (χ1) is 9.98. The Labute approximate surface area is 125 Å². The summed E-state index contributed by atoms with van der Waals surface area (Å²) in [6.07, 6.45) is 3.82. The molecule has 5 nitrogen and oxygen atoms in total. The third-order valence-electron chi connectivity index (χ3n) is 4.33. The molecular formula is C16H24N2O3. The summed E-state index contributed by atoms with van der Waals surface area (Å²) in [4.78, 5) is 15.5. The molecule has 1 aromatic rings.